The molecule has 1 unspecified atom stereocenters. The number of nitrogens with zero attached hydrogens (tertiary/aromatic N) is 1. The molecule has 3 aromatic rings. The molecule has 1 aliphatic rings. The number of carbonyl (C=O) groups excluding carboxylic acids is 2. The first-order valence-corrected chi connectivity index (χ1v) is 10.6. The van der Waals surface area contributed by atoms with Gasteiger partial charge >= 0.3 is 0 Å². The van der Waals surface area contributed by atoms with Gasteiger partial charge in [0.15, 0.2) is 11.3 Å². The van der Waals surface area contributed by atoms with Crippen molar-refractivity contribution < 1.29 is 37.0 Å². The van der Waals surface area contributed by atoms with Crippen molar-refractivity contribution >= 4 is 22.8 Å². The number of nitrogens with one attached hydrogen (secondary N) is 1. The van der Waals surface area contributed by atoms with Crippen LogP contribution in [0.25, 0.3) is 11.0 Å². The highest BCUT2D eigenvalue weighted by Gasteiger charge is 2.47. The highest BCUT2D eigenvalue weighted by atomic mass is 19.1. The Balaban J connectivity index is 1.65. The molecule has 0 aliphatic carbocycles. The van der Waals surface area contributed by atoms with Crippen molar-refractivity contribution in [2.75, 3.05) is 34.0 Å². The van der Waals surface area contributed by atoms with Gasteiger partial charge in [-0.05, 0) is 19.1 Å². The summed E-state index contributed by atoms with van der Waals surface area (Å²) in [7, 11) is 2.75. The predicted octanol–water partition coefficient (Wildman–Crippen LogP) is 3.28. The lowest BCUT2D eigenvalue weighted by atomic mass is 9.99. The molecule has 0 radical (unpaired) electrons. The SMILES string of the molecule is COCCN1C(=O)c2oc3ccccc3c2OCC1(C)C(=O)NCc1c(F)cc(F)cc1OC. The standard InChI is InChI=1S/C24H24F2N2O6/c1-24(23(30)27-12-16-17(26)10-14(25)11-19(16)32-3)13-33-20-15-6-4-5-7-18(15)34-21(20)22(29)28(24)8-9-31-2/h4-7,10-11H,8-9,12-13H2,1-3H3,(H,27,30). The number of benzene rings is 2. The zero-order valence-corrected chi connectivity index (χ0v) is 18.9. The summed E-state index contributed by atoms with van der Waals surface area (Å²) in [6.07, 6.45) is 0. The maximum Gasteiger partial charge on any atom is 0.294 e. The largest absolute Gasteiger partial charge is 0.496 e. The predicted molar refractivity (Wildman–Crippen MR) is 118 cm³/mol. The molecule has 34 heavy (non-hydrogen) atoms. The van der Waals surface area contributed by atoms with Gasteiger partial charge in [0.25, 0.3) is 5.91 Å². The number of carbonyl (C=O) groups is 2. The molecule has 0 fully saturated rings. The van der Waals surface area contributed by atoms with E-state index in [1.165, 1.54) is 19.1 Å². The monoisotopic (exact) mass is 474 g/mol. The van der Waals surface area contributed by atoms with E-state index in [0.717, 1.165) is 6.07 Å². The number of hydrogen-bond acceptors (Lipinski definition) is 6. The van der Waals surface area contributed by atoms with Crippen LogP contribution in [0.15, 0.2) is 40.8 Å². The van der Waals surface area contributed by atoms with Crippen molar-refractivity contribution in [2.45, 2.75) is 19.0 Å². The van der Waals surface area contributed by atoms with E-state index in [1.807, 2.05) is 0 Å². The van der Waals surface area contributed by atoms with E-state index in [-0.39, 0.29) is 49.1 Å². The maximum atomic E-state index is 14.4. The molecule has 2 heterocycles. The maximum absolute atomic E-state index is 14.4. The topological polar surface area (TPSA) is 90.2 Å². The van der Waals surface area contributed by atoms with Crippen LogP contribution in [0.3, 0.4) is 0 Å². The Morgan fingerprint density at radius 1 is 1.24 bits per heavy atom. The van der Waals surface area contributed by atoms with Crippen LogP contribution in [0.5, 0.6) is 11.5 Å². The summed E-state index contributed by atoms with van der Waals surface area (Å²) in [4.78, 5) is 28.2. The number of para-hydroxylation sites is 1. The smallest absolute Gasteiger partial charge is 0.294 e. The molecule has 2 amide bonds. The molecule has 1 aliphatic heterocycles. The zero-order chi connectivity index (χ0) is 24.5. The van der Waals surface area contributed by atoms with Gasteiger partial charge in [-0.15, -0.1) is 0 Å². The van der Waals surface area contributed by atoms with E-state index in [2.05, 4.69) is 5.32 Å². The molecule has 1 N–H and O–H groups in total. The lowest BCUT2D eigenvalue weighted by Gasteiger charge is -2.37. The first kappa shape index (κ1) is 23.5. The number of fused-ring (bicyclic) bond motifs is 3. The molecule has 1 aromatic heterocycles. The number of furan rings is 1. The Morgan fingerprint density at radius 3 is 2.74 bits per heavy atom. The highest BCUT2D eigenvalue weighted by molar-refractivity contribution is 6.04. The quantitative estimate of drug-likeness (QED) is 0.565. The van der Waals surface area contributed by atoms with Crippen molar-refractivity contribution in [2.24, 2.45) is 0 Å². The molecule has 0 saturated carbocycles. The van der Waals surface area contributed by atoms with Crippen molar-refractivity contribution in [3.05, 3.63) is 59.4 Å². The lowest BCUT2D eigenvalue weighted by Crippen LogP contribution is -2.61. The summed E-state index contributed by atoms with van der Waals surface area (Å²) in [5.41, 5.74) is -1.02. The normalized spacial score (nSPS) is 17.8. The van der Waals surface area contributed by atoms with Crippen LogP contribution in [0.1, 0.15) is 23.0 Å². The summed E-state index contributed by atoms with van der Waals surface area (Å²) >= 11 is 0. The van der Waals surface area contributed by atoms with Crippen LogP contribution in [-0.2, 0) is 16.1 Å². The van der Waals surface area contributed by atoms with Gasteiger partial charge in [-0.3, -0.25) is 9.59 Å². The number of amides is 2. The summed E-state index contributed by atoms with van der Waals surface area (Å²) < 4.78 is 49.8. The van der Waals surface area contributed by atoms with Gasteiger partial charge in [-0.2, -0.15) is 0 Å². The third-order valence-corrected chi connectivity index (χ3v) is 5.86. The third-order valence-electron chi connectivity index (χ3n) is 5.86. The van der Waals surface area contributed by atoms with Crippen LogP contribution < -0.4 is 14.8 Å². The minimum Gasteiger partial charge on any atom is -0.496 e. The molecule has 0 bridgehead atoms. The summed E-state index contributed by atoms with van der Waals surface area (Å²) in [5, 5.41) is 3.24. The number of hydrogen-bond donors (Lipinski definition) is 1. The fourth-order valence-electron chi connectivity index (χ4n) is 3.95. The van der Waals surface area contributed by atoms with E-state index in [0.29, 0.717) is 17.0 Å². The Labute approximate surface area is 194 Å². The van der Waals surface area contributed by atoms with Gasteiger partial charge < -0.3 is 28.8 Å². The first-order chi connectivity index (χ1) is 16.3. The van der Waals surface area contributed by atoms with E-state index >= 15 is 0 Å². The van der Waals surface area contributed by atoms with E-state index in [4.69, 9.17) is 18.6 Å². The molecule has 0 saturated heterocycles. The first-order valence-electron chi connectivity index (χ1n) is 10.6. The Morgan fingerprint density at radius 2 is 2.00 bits per heavy atom. The van der Waals surface area contributed by atoms with Gasteiger partial charge in [0.05, 0.1) is 19.1 Å². The molecule has 180 valence electrons. The van der Waals surface area contributed by atoms with E-state index < -0.39 is 29.0 Å². The lowest BCUT2D eigenvalue weighted by molar-refractivity contribution is -0.133. The molecule has 2 aromatic carbocycles. The fourth-order valence-corrected chi connectivity index (χ4v) is 3.95. The van der Waals surface area contributed by atoms with Crippen molar-refractivity contribution in [1.29, 1.82) is 0 Å². The number of rotatable bonds is 7. The van der Waals surface area contributed by atoms with Gasteiger partial charge in [-0.25, -0.2) is 8.78 Å². The Hall–Kier alpha value is -3.66. The van der Waals surface area contributed by atoms with Crippen molar-refractivity contribution in [1.82, 2.24) is 10.2 Å². The van der Waals surface area contributed by atoms with Gasteiger partial charge in [0.2, 0.25) is 11.7 Å². The van der Waals surface area contributed by atoms with Crippen LogP contribution in [0.2, 0.25) is 0 Å². The number of methoxy groups -OCH3 is 2. The highest BCUT2D eigenvalue weighted by Crippen LogP contribution is 2.38. The van der Waals surface area contributed by atoms with Crippen LogP contribution in [-0.4, -0.2) is 56.2 Å². The second-order valence-electron chi connectivity index (χ2n) is 8.02. The molecular weight excluding hydrogens is 450 g/mol. The number of halogens is 2. The van der Waals surface area contributed by atoms with Gasteiger partial charge in [-0.1, -0.05) is 12.1 Å². The molecule has 4 rings (SSSR count). The summed E-state index contributed by atoms with van der Waals surface area (Å²) in [6, 6.07) is 8.78. The van der Waals surface area contributed by atoms with Gasteiger partial charge in [0, 0.05) is 37.9 Å². The van der Waals surface area contributed by atoms with E-state index in [9.17, 15) is 18.4 Å². The third kappa shape index (κ3) is 4.05. The zero-order valence-electron chi connectivity index (χ0n) is 18.9. The van der Waals surface area contributed by atoms with E-state index in [1.54, 1.807) is 31.2 Å². The Bertz CT molecular complexity index is 1240. The van der Waals surface area contributed by atoms with Crippen LogP contribution in [0, 0.1) is 11.6 Å². The minimum absolute atomic E-state index is 0.0138. The summed E-state index contributed by atoms with van der Waals surface area (Å²) in [6.45, 7) is 1.30. The van der Waals surface area contributed by atoms with Gasteiger partial charge in [0.1, 0.15) is 29.6 Å². The average Bonchev–Trinajstić information content (AvgIpc) is 3.15. The second-order valence-corrected chi connectivity index (χ2v) is 8.02. The molecule has 8 nitrogen and oxygen atoms in total. The molecule has 0 spiro atoms. The molecule has 10 heteroatoms. The fraction of sp³-hybridized carbons (Fsp3) is 0.333. The average molecular weight is 474 g/mol. The van der Waals surface area contributed by atoms with Crippen LogP contribution >= 0.6 is 0 Å². The Kier molecular flexibility index (Phi) is 6.43. The van der Waals surface area contributed by atoms with Crippen LogP contribution in [0.4, 0.5) is 8.78 Å². The molecule has 1 atom stereocenters. The van der Waals surface area contributed by atoms with Crippen molar-refractivity contribution in [3.8, 4) is 11.5 Å². The second kappa shape index (κ2) is 9.30. The number of ether oxygens (including phenoxy) is 3. The summed E-state index contributed by atoms with van der Waals surface area (Å²) in [5.74, 6) is -2.60. The minimum atomic E-state index is -1.48. The molecular formula is C24H24F2N2O6. The van der Waals surface area contributed by atoms with Crippen molar-refractivity contribution in [3.63, 3.8) is 0 Å².